The van der Waals surface area contributed by atoms with E-state index in [-0.39, 0.29) is 25.0 Å². The zero-order valence-corrected chi connectivity index (χ0v) is 25.5. The number of nitrogens with one attached hydrogen (secondary N) is 1. The lowest BCUT2D eigenvalue weighted by Crippen LogP contribution is -2.61. The number of rotatable bonds is 2. The van der Waals surface area contributed by atoms with Gasteiger partial charge in [0.05, 0.1) is 13.2 Å². The van der Waals surface area contributed by atoms with Gasteiger partial charge in [-0.3, -0.25) is 9.69 Å². The van der Waals surface area contributed by atoms with E-state index in [1.807, 2.05) is 26.8 Å². The molecule has 41 heavy (non-hydrogen) atoms. The number of piperidine rings is 1. The predicted octanol–water partition coefficient (Wildman–Crippen LogP) is 5.05. The van der Waals surface area contributed by atoms with Crippen LogP contribution in [0.5, 0.6) is 0 Å². The number of cyclic esters (lactones) is 1. The molecule has 3 aliphatic heterocycles. The molecule has 4 bridgehead atoms. The Morgan fingerprint density at radius 1 is 1.15 bits per heavy atom. The van der Waals surface area contributed by atoms with Crippen molar-refractivity contribution in [2.24, 2.45) is 10.8 Å². The highest BCUT2D eigenvalue weighted by Crippen LogP contribution is 2.31. The number of hydrogen-bond acceptors (Lipinski definition) is 6. The van der Waals surface area contributed by atoms with Crippen LogP contribution < -0.4 is 5.32 Å². The average Bonchev–Trinajstić information content (AvgIpc) is 3.27. The normalized spacial score (nSPS) is 29.2. The first-order valence-corrected chi connectivity index (χ1v) is 14.6. The minimum atomic E-state index is -1.14. The molecule has 2 fully saturated rings. The third-order valence-electron chi connectivity index (χ3n) is 8.06. The third-order valence-corrected chi connectivity index (χ3v) is 8.06. The van der Waals surface area contributed by atoms with Crippen molar-refractivity contribution in [1.29, 1.82) is 0 Å². The summed E-state index contributed by atoms with van der Waals surface area (Å²) in [5.74, 6) is -1.69. The quantitative estimate of drug-likeness (QED) is 0.473. The SMILES string of the molecule is C=C1CN2C/C1=C(/C=C\C)CCCCC(C)(C)COC(=O)N[C@@H](C(C)(C)C)C(=O)N1C[C@@H](CC[C@H]1C(=O)O)OC2=O. The number of allylic oxidation sites excluding steroid dienone is 3. The largest absolute Gasteiger partial charge is 0.480 e. The van der Waals surface area contributed by atoms with Crippen molar-refractivity contribution >= 4 is 24.1 Å². The summed E-state index contributed by atoms with van der Waals surface area (Å²) in [6.45, 7) is 16.5. The molecule has 10 heteroatoms. The Hall–Kier alpha value is -3.30. The number of carboxylic acids is 1. The number of fused-ring (bicyclic) bond motifs is 4. The fraction of sp³-hybridized carbons (Fsp3) is 0.677. The molecule has 3 heterocycles. The molecule has 2 saturated heterocycles. The van der Waals surface area contributed by atoms with Crippen LogP contribution in [0, 0.1) is 10.8 Å². The van der Waals surface area contributed by atoms with Crippen LogP contribution in [-0.2, 0) is 19.1 Å². The number of nitrogens with zero attached hydrogens (tertiary/aromatic N) is 2. The number of carbonyl (C=O) groups is 4. The van der Waals surface area contributed by atoms with Crippen LogP contribution in [0.4, 0.5) is 9.59 Å². The highest BCUT2D eigenvalue weighted by molar-refractivity contribution is 5.90. The van der Waals surface area contributed by atoms with Gasteiger partial charge in [-0.15, -0.1) is 0 Å². The Bertz CT molecular complexity index is 1100. The molecule has 3 aliphatic rings. The van der Waals surface area contributed by atoms with Crippen LogP contribution in [-0.4, -0.2) is 83.4 Å². The minimum absolute atomic E-state index is 0.0841. The number of hydrogen-bond donors (Lipinski definition) is 2. The van der Waals surface area contributed by atoms with Crippen molar-refractivity contribution in [2.75, 3.05) is 26.2 Å². The van der Waals surface area contributed by atoms with Gasteiger partial charge in [0.15, 0.2) is 0 Å². The van der Waals surface area contributed by atoms with Gasteiger partial charge in [0.2, 0.25) is 5.91 Å². The van der Waals surface area contributed by atoms with Gasteiger partial charge >= 0.3 is 18.2 Å². The van der Waals surface area contributed by atoms with Crippen molar-refractivity contribution in [1.82, 2.24) is 15.1 Å². The number of aliphatic carboxylic acids is 1. The summed E-state index contributed by atoms with van der Waals surface area (Å²) in [5, 5.41) is 12.6. The van der Waals surface area contributed by atoms with Crippen molar-refractivity contribution < 1.29 is 33.8 Å². The number of carboxylic acid groups (broad SMARTS) is 1. The van der Waals surface area contributed by atoms with E-state index < -0.39 is 47.7 Å². The molecule has 0 aromatic heterocycles. The molecule has 3 amide bonds. The highest BCUT2D eigenvalue weighted by Gasteiger charge is 2.44. The number of carbonyl (C=O) groups excluding carboxylic acids is 3. The van der Waals surface area contributed by atoms with Crippen molar-refractivity contribution in [3.63, 3.8) is 0 Å². The lowest BCUT2D eigenvalue weighted by Gasteiger charge is -2.41. The highest BCUT2D eigenvalue weighted by atomic mass is 16.6. The fourth-order valence-electron chi connectivity index (χ4n) is 5.66. The van der Waals surface area contributed by atoms with E-state index in [0.29, 0.717) is 19.5 Å². The van der Waals surface area contributed by atoms with E-state index >= 15 is 0 Å². The van der Waals surface area contributed by atoms with E-state index in [0.717, 1.165) is 42.4 Å². The second kappa shape index (κ2) is 13.1. The molecule has 0 saturated carbocycles. The van der Waals surface area contributed by atoms with Gasteiger partial charge in [0, 0.05) is 13.1 Å². The molecule has 0 unspecified atom stereocenters. The van der Waals surface area contributed by atoms with Crippen LogP contribution in [0.3, 0.4) is 0 Å². The first-order valence-electron chi connectivity index (χ1n) is 14.6. The minimum Gasteiger partial charge on any atom is -0.480 e. The molecule has 0 aliphatic carbocycles. The zero-order chi connectivity index (χ0) is 30.5. The Morgan fingerprint density at radius 3 is 2.49 bits per heavy atom. The lowest BCUT2D eigenvalue weighted by molar-refractivity contribution is -0.157. The van der Waals surface area contributed by atoms with E-state index in [4.69, 9.17) is 9.47 Å². The summed E-state index contributed by atoms with van der Waals surface area (Å²) in [5.41, 5.74) is 2.03. The molecule has 2 N–H and O–H groups in total. The first kappa shape index (κ1) is 32.2. The van der Waals surface area contributed by atoms with Crippen LogP contribution in [0.25, 0.3) is 0 Å². The zero-order valence-electron chi connectivity index (χ0n) is 25.5. The maximum absolute atomic E-state index is 13.8. The van der Waals surface area contributed by atoms with Crippen molar-refractivity contribution in [3.8, 4) is 0 Å². The van der Waals surface area contributed by atoms with Gasteiger partial charge in [-0.05, 0) is 66.6 Å². The van der Waals surface area contributed by atoms with Crippen LogP contribution in [0.2, 0.25) is 0 Å². The summed E-state index contributed by atoms with van der Waals surface area (Å²) in [7, 11) is 0. The Labute approximate surface area is 243 Å². The molecule has 0 spiro atoms. The number of alkyl carbamates (subject to hydrolysis) is 1. The summed E-state index contributed by atoms with van der Waals surface area (Å²) in [6.07, 6.45) is 6.07. The molecule has 3 rings (SSSR count). The molecule has 228 valence electrons. The van der Waals surface area contributed by atoms with Crippen LogP contribution >= 0.6 is 0 Å². The van der Waals surface area contributed by atoms with Gasteiger partial charge in [-0.2, -0.15) is 0 Å². The summed E-state index contributed by atoms with van der Waals surface area (Å²) in [4.78, 5) is 54.9. The summed E-state index contributed by atoms with van der Waals surface area (Å²) < 4.78 is 11.4. The molecular formula is C31H47N3O7. The first-order chi connectivity index (χ1) is 19.1. The summed E-state index contributed by atoms with van der Waals surface area (Å²) >= 11 is 0. The van der Waals surface area contributed by atoms with Gasteiger partial charge in [-0.25, -0.2) is 14.4 Å². The molecule has 3 atom stereocenters. The van der Waals surface area contributed by atoms with Gasteiger partial charge in [0.1, 0.15) is 18.2 Å². The monoisotopic (exact) mass is 573 g/mol. The standard InChI is InChI=1S/C31H47N3O7/c1-8-11-21-12-9-10-15-31(6,7)19-40-28(38)32-25(30(3,4)5)26(35)34-17-22(13-14-24(34)27(36)37)41-29(39)33-16-20(2)23(21)18-33/h8,11,22,24-25H,2,9-10,12-19H2,1,3-7H3,(H,32,38)(H,36,37)/b11-8-,23-21+/t22-,24+,25-/m1/s1. The maximum atomic E-state index is 13.8. The van der Waals surface area contributed by atoms with Crippen LogP contribution in [0.1, 0.15) is 80.1 Å². The van der Waals surface area contributed by atoms with E-state index in [2.05, 4.69) is 18.0 Å². The average molecular weight is 574 g/mol. The van der Waals surface area contributed by atoms with Gasteiger partial charge < -0.3 is 24.8 Å². The third kappa shape index (κ3) is 8.36. The predicted molar refractivity (Wildman–Crippen MR) is 155 cm³/mol. The number of amides is 3. The lowest BCUT2D eigenvalue weighted by atomic mass is 9.84. The van der Waals surface area contributed by atoms with Crippen LogP contribution in [0.15, 0.2) is 35.5 Å². The topological polar surface area (TPSA) is 125 Å². The van der Waals surface area contributed by atoms with E-state index in [1.165, 1.54) is 4.90 Å². The summed E-state index contributed by atoms with van der Waals surface area (Å²) in [6, 6.07) is -2.14. The van der Waals surface area contributed by atoms with Crippen molar-refractivity contribution in [2.45, 2.75) is 98.3 Å². The maximum Gasteiger partial charge on any atom is 0.410 e. The number of ether oxygens (including phenoxy) is 2. The second-order valence-corrected chi connectivity index (χ2v) is 13.3. The van der Waals surface area contributed by atoms with E-state index in [1.54, 1.807) is 25.7 Å². The smallest absolute Gasteiger partial charge is 0.410 e. The molecule has 0 aromatic rings. The Morgan fingerprint density at radius 2 is 1.85 bits per heavy atom. The molecule has 0 radical (unpaired) electrons. The fourth-order valence-corrected chi connectivity index (χ4v) is 5.66. The molecule has 10 nitrogen and oxygen atoms in total. The molecular weight excluding hydrogens is 526 g/mol. The van der Waals surface area contributed by atoms with Gasteiger partial charge in [0.25, 0.3) is 0 Å². The Balaban J connectivity index is 1.94. The molecule has 0 aromatic carbocycles. The second-order valence-electron chi connectivity index (χ2n) is 13.3. The van der Waals surface area contributed by atoms with E-state index in [9.17, 15) is 24.3 Å². The van der Waals surface area contributed by atoms with Crippen molar-refractivity contribution in [3.05, 3.63) is 35.5 Å². The van der Waals surface area contributed by atoms with Gasteiger partial charge in [-0.1, -0.05) is 59.8 Å². The Kier molecular flexibility index (Phi) is 10.3.